The summed E-state index contributed by atoms with van der Waals surface area (Å²) < 4.78 is 0. The second-order valence-corrected chi connectivity index (χ2v) is 4.81. The molecule has 0 aliphatic carbocycles. The molecule has 0 N–H and O–H groups in total. The molecule has 5 heteroatoms. The number of pyridine rings is 1. The normalized spacial score (nSPS) is 11.1. The topological polar surface area (TPSA) is 59.3 Å². The zero-order chi connectivity index (χ0) is 13.8. The molecule has 0 aliphatic heterocycles. The number of nitro benzene ring substituents is 1. The number of hydrogen-bond acceptors (Lipinski definition) is 4. The average Bonchev–Trinajstić information content (AvgIpc) is 2.37. The largest absolute Gasteiger partial charge is 0.309 e. The Morgan fingerprint density at radius 2 is 2.11 bits per heavy atom. The number of nitro groups is 1. The van der Waals surface area contributed by atoms with Crippen molar-refractivity contribution < 1.29 is 4.92 Å². The fourth-order valence-electron chi connectivity index (χ4n) is 2.16. The monoisotopic (exact) mass is 259 g/mol. The second-order valence-electron chi connectivity index (χ2n) is 4.81. The molecule has 5 nitrogen and oxygen atoms in total. The summed E-state index contributed by atoms with van der Waals surface area (Å²) >= 11 is 0. The molecule has 0 amide bonds. The van der Waals surface area contributed by atoms with Crippen molar-refractivity contribution in [3.05, 3.63) is 46.1 Å². The number of aryl methyl sites for hydroxylation is 1. The van der Waals surface area contributed by atoms with Crippen LogP contribution in [-0.2, 0) is 6.42 Å². The van der Waals surface area contributed by atoms with E-state index in [0.717, 1.165) is 23.9 Å². The Morgan fingerprint density at radius 1 is 1.32 bits per heavy atom. The fraction of sp³-hybridized carbons (Fsp3) is 0.357. The Morgan fingerprint density at radius 3 is 2.79 bits per heavy atom. The van der Waals surface area contributed by atoms with Gasteiger partial charge in [-0.15, -0.1) is 0 Å². The number of aromatic nitrogens is 1. The Hall–Kier alpha value is -2.01. The van der Waals surface area contributed by atoms with Gasteiger partial charge in [-0.3, -0.25) is 10.1 Å². The van der Waals surface area contributed by atoms with Crippen molar-refractivity contribution in [3.8, 4) is 0 Å². The lowest BCUT2D eigenvalue weighted by atomic mass is 10.0. The minimum Gasteiger partial charge on any atom is -0.309 e. The van der Waals surface area contributed by atoms with Gasteiger partial charge in [0.05, 0.1) is 4.92 Å². The van der Waals surface area contributed by atoms with Gasteiger partial charge in [0.1, 0.15) is 5.52 Å². The highest BCUT2D eigenvalue weighted by Crippen LogP contribution is 2.28. The zero-order valence-electron chi connectivity index (χ0n) is 11.2. The number of benzene rings is 1. The molecule has 1 heterocycles. The van der Waals surface area contributed by atoms with E-state index in [1.54, 1.807) is 12.3 Å². The van der Waals surface area contributed by atoms with E-state index in [1.165, 1.54) is 0 Å². The van der Waals surface area contributed by atoms with Gasteiger partial charge in [0.15, 0.2) is 0 Å². The summed E-state index contributed by atoms with van der Waals surface area (Å²) in [6, 6.07) is 7.38. The van der Waals surface area contributed by atoms with Gasteiger partial charge in [-0.25, -0.2) is 4.98 Å². The molecule has 0 aliphatic rings. The van der Waals surface area contributed by atoms with Gasteiger partial charge < -0.3 is 4.90 Å². The van der Waals surface area contributed by atoms with E-state index in [9.17, 15) is 10.1 Å². The summed E-state index contributed by atoms with van der Waals surface area (Å²) in [5.41, 5.74) is 1.39. The first-order chi connectivity index (χ1) is 9.09. The van der Waals surface area contributed by atoms with Crippen molar-refractivity contribution in [1.82, 2.24) is 9.88 Å². The van der Waals surface area contributed by atoms with E-state index >= 15 is 0 Å². The second kappa shape index (κ2) is 5.75. The Labute approximate surface area is 112 Å². The van der Waals surface area contributed by atoms with Crippen LogP contribution in [0.1, 0.15) is 12.0 Å². The van der Waals surface area contributed by atoms with Gasteiger partial charge in [-0.05, 0) is 39.5 Å². The number of fused-ring (bicyclic) bond motifs is 1. The molecular formula is C14H17N3O2. The summed E-state index contributed by atoms with van der Waals surface area (Å²) in [6.45, 7) is 0.914. The molecule has 1 aromatic carbocycles. The van der Waals surface area contributed by atoms with Gasteiger partial charge >= 0.3 is 0 Å². The molecule has 0 fully saturated rings. The van der Waals surface area contributed by atoms with Gasteiger partial charge in [-0.2, -0.15) is 0 Å². The van der Waals surface area contributed by atoms with Gasteiger partial charge in [0.25, 0.3) is 5.69 Å². The molecule has 0 bridgehead atoms. The predicted octanol–water partition coefficient (Wildman–Crippen LogP) is 2.64. The van der Waals surface area contributed by atoms with Crippen LogP contribution in [0.5, 0.6) is 0 Å². The van der Waals surface area contributed by atoms with E-state index < -0.39 is 0 Å². The van der Waals surface area contributed by atoms with Crippen molar-refractivity contribution in [2.24, 2.45) is 0 Å². The minimum absolute atomic E-state index is 0.150. The number of hydrogen-bond donors (Lipinski definition) is 0. The highest BCUT2D eigenvalue weighted by Gasteiger charge is 2.18. The molecule has 0 radical (unpaired) electrons. The molecule has 0 unspecified atom stereocenters. The number of rotatable bonds is 5. The third-order valence-corrected chi connectivity index (χ3v) is 3.07. The van der Waals surface area contributed by atoms with Gasteiger partial charge in [-0.1, -0.05) is 18.2 Å². The molecule has 100 valence electrons. The van der Waals surface area contributed by atoms with Crippen LogP contribution in [0.15, 0.2) is 30.5 Å². The van der Waals surface area contributed by atoms with E-state index in [0.29, 0.717) is 11.9 Å². The molecule has 0 saturated heterocycles. The molecule has 0 spiro atoms. The fourth-order valence-corrected chi connectivity index (χ4v) is 2.16. The average molecular weight is 259 g/mol. The van der Waals surface area contributed by atoms with Crippen LogP contribution >= 0.6 is 0 Å². The van der Waals surface area contributed by atoms with Gasteiger partial charge in [0.2, 0.25) is 0 Å². The predicted molar refractivity (Wildman–Crippen MR) is 75.3 cm³/mol. The molecule has 2 rings (SSSR count). The van der Waals surface area contributed by atoms with Crippen LogP contribution in [0.3, 0.4) is 0 Å². The summed E-state index contributed by atoms with van der Waals surface area (Å²) in [6.07, 6.45) is 3.19. The summed E-state index contributed by atoms with van der Waals surface area (Å²) in [7, 11) is 3.99. The van der Waals surface area contributed by atoms with E-state index in [-0.39, 0.29) is 10.6 Å². The first-order valence-electron chi connectivity index (χ1n) is 6.25. The van der Waals surface area contributed by atoms with Crippen LogP contribution in [0.25, 0.3) is 10.9 Å². The van der Waals surface area contributed by atoms with Crippen LogP contribution in [0, 0.1) is 10.1 Å². The quantitative estimate of drug-likeness (QED) is 0.611. The van der Waals surface area contributed by atoms with Crippen LogP contribution in [-0.4, -0.2) is 35.4 Å². The highest BCUT2D eigenvalue weighted by atomic mass is 16.6. The lowest BCUT2D eigenvalue weighted by Crippen LogP contribution is -2.13. The third kappa shape index (κ3) is 3.06. The maximum absolute atomic E-state index is 11.3. The Kier molecular flexibility index (Phi) is 4.06. The summed E-state index contributed by atoms with van der Waals surface area (Å²) in [5.74, 6) is 0. The molecule has 1 aromatic heterocycles. The molecule has 0 saturated carbocycles. The summed E-state index contributed by atoms with van der Waals surface area (Å²) in [5, 5.41) is 12.1. The molecular weight excluding hydrogens is 242 g/mol. The van der Waals surface area contributed by atoms with Crippen molar-refractivity contribution in [2.75, 3.05) is 20.6 Å². The maximum Gasteiger partial charge on any atom is 0.298 e. The van der Waals surface area contributed by atoms with Crippen LogP contribution < -0.4 is 0 Å². The number of nitrogens with zero attached hydrogens (tertiary/aromatic N) is 3. The van der Waals surface area contributed by atoms with Crippen molar-refractivity contribution in [3.63, 3.8) is 0 Å². The SMILES string of the molecule is CN(C)CCCc1ccc2cccnc2c1[N+](=O)[O-]. The minimum atomic E-state index is -0.319. The standard InChI is InChI=1S/C14H17N3O2/c1-16(2)10-4-6-12-8-7-11-5-3-9-15-13(11)14(12)17(18)19/h3,5,7-9H,4,6,10H2,1-2H3. The summed E-state index contributed by atoms with van der Waals surface area (Å²) in [4.78, 5) is 17.2. The van der Waals surface area contributed by atoms with Crippen molar-refractivity contribution in [1.29, 1.82) is 0 Å². The molecule has 0 atom stereocenters. The molecule has 2 aromatic rings. The molecule has 19 heavy (non-hydrogen) atoms. The zero-order valence-corrected chi connectivity index (χ0v) is 11.2. The highest BCUT2D eigenvalue weighted by molar-refractivity contribution is 5.88. The third-order valence-electron chi connectivity index (χ3n) is 3.07. The van der Waals surface area contributed by atoms with Crippen LogP contribution in [0.4, 0.5) is 5.69 Å². The first-order valence-corrected chi connectivity index (χ1v) is 6.25. The Balaban J connectivity index is 2.37. The lowest BCUT2D eigenvalue weighted by Gasteiger charge is -2.09. The van der Waals surface area contributed by atoms with E-state index in [4.69, 9.17) is 0 Å². The van der Waals surface area contributed by atoms with Crippen molar-refractivity contribution >= 4 is 16.6 Å². The first kappa shape index (κ1) is 13.4. The lowest BCUT2D eigenvalue weighted by molar-refractivity contribution is -0.383. The van der Waals surface area contributed by atoms with Crippen molar-refractivity contribution in [2.45, 2.75) is 12.8 Å². The van der Waals surface area contributed by atoms with Crippen LogP contribution in [0.2, 0.25) is 0 Å². The smallest absolute Gasteiger partial charge is 0.298 e. The van der Waals surface area contributed by atoms with E-state index in [2.05, 4.69) is 9.88 Å². The van der Waals surface area contributed by atoms with E-state index in [1.807, 2.05) is 32.3 Å². The Bertz CT molecular complexity index is 596. The maximum atomic E-state index is 11.3. The van der Waals surface area contributed by atoms with Gasteiger partial charge in [0, 0.05) is 17.1 Å².